The molecular weight excluding hydrogens is 220 g/mol. The second kappa shape index (κ2) is 6.95. The van der Waals surface area contributed by atoms with Crippen molar-refractivity contribution in [2.75, 3.05) is 13.2 Å². The number of esters is 2. The summed E-state index contributed by atoms with van der Waals surface area (Å²) in [6.45, 7) is 8.72. The maximum Gasteiger partial charge on any atom is 0.324 e. The highest BCUT2D eigenvalue weighted by molar-refractivity contribution is 6.00. The van der Waals surface area contributed by atoms with E-state index >= 15 is 0 Å². The monoisotopic (exact) mass is 240 g/mol. The maximum atomic E-state index is 11.9. The molecule has 0 aliphatic heterocycles. The Bertz CT molecular complexity index is 317. The minimum atomic E-state index is -1.37. The highest BCUT2D eigenvalue weighted by atomic mass is 16.6. The molecule has 0 N–H and O–H groups in total. The molecule has 0 spiro atoms. The van der Waals surface area contributed by atoms with Crippen molar-refractivity contribution in [2.45, 2.75) is 34.6 Å². The van der Waals surface area contributed by atoms with Crippen LogP contribution >= 0.6 is 0 Å². The van der Waals surface area contributed by atoms with Crippen molar-refractivity contribution >= 4 is 11.9 Å². The summed E-state index contributed by atoms with van der Waals surface area (Å²) >= 11 is 0. The minimum Gasteiger partial charge on any atom is -0.465 e. The lowest BCUT2D eigenvalue weighted by Gasteiger charge is -2.27. The molecule has 0 aromatic heterocycles. The van der Waals surface area contributed by atoms with Crippen LogP contribution in [0.4, 0.5) is 0 Å². The maximum absolute atomic E-state index is 11.9. The molecule has 4 nitrogen and oxygen atoms in total. The predicted octanol–water partition coefficient (Wildman–Crippen LogP) is 1.78. The first-order valence-corrected chi connectivity index (χ1v) is 5.71. The summed E-state index contributed by atoms with van der Waals surface area (Å²) in [6.07, 6.45) is 0. The van der Waals surface area contributed by atoms with Gasteiger partial charge in [-0.15, -0.1) is 5.92 Å². The number of carbonyl (C=O) groups excluding carboxylic acids is 2. The highest BCUT2D eigenvalue weighted by Gasteiger charge is 2.48. The van der Waals surface area contributed by atoms with Gasteiger partial charge in [0.05, 0.1) is 13.2 Å². The first-order chi connectivity index (χ1) is 7.94. The van der Waals surface area contributed by atoms with Gasteiger partial charge in [0.1, 0.15) is 0 Å². The Morgan fingerprint density at radius 3 is 1.88 bits per heavy atom. The van der Waals surface area contributed by atoms with Crippen LogP contribution in [-0.2, 0) is 19.1 Å². The highest BCUT2D eigenvalue weighted by Crippen LogP contribution is 2.30. The average molecular weight is 240 g/mol. The molecule has 0 radical (unpaired) electrons. The zero-order valence-electron chi connectivity index (χ0n) is 11.1. The summed E-state index contributed by atoms with van der Waals surface area (Å²) in [6, 6.07) is 0. The number of rotatable bonds is 5. The summed E-state index contributed by atoms with van der Waals surface area (Å²) < 4.78 is 9.87. The van der Waals surface area contributed by atoms with Crippen molar-refractivity contribution in [3.8, 4) is 11.8 Å². The second-order valence-corrected chi connectivity index (χ2v) is 3.76. The zero-order valence-corrected chi connectivity index (χ0v) is 11.1. The van der Waals surface area contributed by atoms with E-state index in [9.17, 15) is 9.59 Å². The van der Waals surface area contributed by atoms with E-state index in [1.807, 2.05) is 0 Å². The van der Waals surface area contributed by atoms with Crippen LogP contribution in [-0.4, -0.2) is 25.2 Å². The molecule has 1 unspecified atom stereocenters. The Kier molecular flexibility index (Phi) is 6.34. The summed E-state index contributed by atoms with van der Waals surface area (Å²) in [5.74, 6) is 3.88. The molecule has 0 aromatic carbocycles. The van der Waals surface area contributed by atoms with E-state index in [1.165, 1.54) is 6.92 Å². The smallest absolute Gasteiger partial charge is 0.324 e. The van der Waals surface area contributed by atoms with E-state index < -0.39 is 23.3 Å². The molecule has 0 bridgehead atoms. The summed E-state index contributed by atoms with van der Waals surface area (Å²) in [4.78, 5) is 23.8. The molecule has 0 aliphatic carbocycles. The summed E-state index contributed by atoms with van der Waals surface area (Å²) in [5, 5.41) is 0. The summed E-state index contributed by atoms with van der Waals surface area (Å²) in [5.41, 5.74) is -1.37. The predicted molar refractivity (Wildman–Crippen MR) is 64.0 cm³/mol. The molecule has 0 heterocycles. The van der Waals surface area contributed by atoms with Gasteiger partial charge in [0.25, 0.3) is 0 Å². The van der Waals surface area contributed by atoms with Crippen LogP contribution < -0.4 is 0 Å². The first-order valence-electron chi connectivity index (χ1n) is 5.71. The van der Waals surface area contributed by atoms with Crippen LogP contribution in [0.1, 0.15) is 34.6 Å². The van der Waals surface area contributed by atoms with Gasteiger partial charge in [-0.05, 0) is 34.6 Å². The fraction of sp³-hybridized carbons (Fsp3) is 0.692. The third-order valence-electron chi connectivity index (χ3n) is 2.63. The Balaban J connectivity index is 5.24. The molecule has 17 heavy (non-hydrogen) atoms. The van der Waals surface area contributed by atoms with Crippen molar-refractivity contribution in [3.05, 3.63) is 0 Å². The van der Waals surface area contributed by atoms with Crippen molar-refractivity contribution in [1.29, 1.82) is 0 Å². The number of hydrogen-bond acceptors (Lipinski definition) is 4. The Hall–Kier alpha value is -1.50. The van der Waals surface area contributed by atoms with Gasteiger partial charge in [0.15, 0.2) is 5.41 Å². The van der Waals surface area contributed by atoms with Crippen molar-refractivity contribution in [1.82, 2.24) is 0 Å². The van der Waals surface area contributed by atoms with Gasteiger partial charge >= 0.3 is 11.9 Å². The van der Waals surface area contributed by atoms with Gasteiger partial charge in [0, 0.05) is 5.92 Å². The topological polar surface area (TPSA) is 52.6 Å². The lowest BCUT2D eigenvalue weighted by atomic mass is 9.78. The summed E-state index contributed by atoms with van der Waals surface area (Å²) in [7, 11) is 0. The van der Waals surface area contributed by atoms with Gasteiger partial charge in [0.2, 0.25) is 0 Å². The molecule has 96 valence electrons. The molecular formula is C13H20O4. The lowest BCUT2D eigenvalue weighted by molar-refractivity contribution is -0.173. The van der Waals surface area contributed by atoms with E-state index in [2.05, 4.69) is 11.8 Å². The van der Waals surface area contributed by atoms with E-state index in [4.69, 9.17) is 9.47 Å². The third kappa shape index (κ3) is 3.48. The molecule has 0 amide bonds. The Morgan fingerprint density at radius 2 is 1.59 bits per heavy atom. The van der Waals surface area contributed by atoms with Crippen LogP contribution in [0.5, 0.6) is 0 Å². The van der Waals surface area contributed by atoms with E-state index in [-0.39, 0.29) is 13.2 Å². The van der Waals surface area contributed by atoms with Gasteiger partial charge in [-0.2, -0.15) is 0 Å². The van der Waals surface area contributed by atoms with Gasteiger partial charge < -0.3 is 9.47 Å². The van der Waals surface area contributed by atoms with Crippen LogP contribution in [0.25, 0.3) is 0 Å². The Labute approximate surface area is 103 Å². The number of hydrogen-bond donors (Lipinski definition) is 0. The van der Waals surface area contributed by atoms with Gasteiger partial charge in [-0.1, -0.05) is 5.92 Å². The van der Waals surface area contributed by atoms with E-state index in [1.54, 1.807) is 27.7 Å². The fourth-order valence-corrected chi connectivity index (χ4v) is 1.36. The SMILES string of the molecule is CC#CC(C)C(C)(C(=O)OCC)C(=O)OCC. The van der Waals surface area contributed by atoms with Crippen molar-refractivity contribution < 1.29 is 19.1 Å². The normalized spacial score (nSPS) is 12.1. The Morgan fingerprint density at radius 1 is 1.18 bits per heavy atom. The van der Waals surface area contributed by atoms with Crippen LogP contribution in [0.2, 0.25) is 0 Å². The molecule has 0 rings (SSSR count). The zero-order chi connectivity index (χ0) is 13.5. The van der Waals surface area contributed by atoms with Crippen LogP contribution in [0.15, 0.2) is 0 Å². The fourth-order valence-electron chi connectivity index (χ4n) is 1.36. The standard InChI is InChI=1S/C13H20O4/c1-6-9-10(4)13(5,11(14)16-7-2)12(15)17-8-3/h10H,7-8H2,1-5H3. The van der Waals surface area contributed by atoms with Crippen molar-refractivity contribution in [3.63, 3.8) is 0 Å². The van der Waals surface area contributed by atoms with E-state index in [0.717, 1.165) is 0 Å². The number of carbonyl (C=O) groups is 2. The lowest BCUT2D eigenvalue weighted by Crippen LogP contribution is -2.44. The molecule has 1 atom stereocenters. The molecule has 0 aromatic rings. The van der Waals surface area contributed by atoms with E-state index in [0.29, 0.717) is 0 Å². The quantitative estimate of drug-likeness (QED) is 0.417. The third-order valence-corrected chi connectivity index (χ3v) is 2.63. The van der Waals surface area contributed by atoms with Gasteiger partial charge in [-0.3, -0.25) is 9.59 Å². The van der Waals surface area contributed by atoms with Crippen LogP contribution in [0, 0.1) is 23.2 Å². The molecule has 4 heteroatoms. The minimum absolute atomic E-state index is 0.222. The molecule has 0 saturated carbocycles. The van der Waals surface area contributed by atoms with Gasteiger partial charge in [-0.25, -0.2) is 0 Å². The largest absolute Gasteiger partial charge is 0.465 e. The van der Waals surface area contributed by atoms with Crippen LogP contribution in [0.3, 0.4) is 0 Å². The molecule has 0 aliphatic rings. The number of ether oxygens (including phenoxy) is 2. The molecule has 0 fully saturated rings. The molecule has 0 saturated heterocycles. The van der Waals surface area contributed by atoms with Crippen molar-refractivity contribution in [2.24, 2.45) is 11.3 Å². The second-order valence-electron chi connectivity index (χ2n) is 3.76. The average Bonchev–Trinajstić information content (AvgIpc) is 2.28. The first kappa shape index (κ1) is 15.5.